The lowest BCUT2D eigenvalue weighted by atomic mass is 9.77. The number of thioether (sulfide) groups is 1. The summed E-state index contributed by atoms with van der Waals surface area (Å²) in [7, 11) is 0. The van der Waals surface area contributed by atoms with Crippen molar-refractivity contribution in [3.63, 3.8) is 0 Å². The summed E-state index contributed by atoms with van der Waals surface area (Å²) >= 11 is 3.14. The van der Waals surface area contributed by atoms with Gasteiger partial charge >= 0.3 is 4.87 Å². The Labute approximate surface area is 188 Å². The molecule has 0 radical (unpaired) electrons. The summed E-state index contributed by atoms with van der Waals surface area (Å²) in [5, 5.41) is 4.42. The van der Waals surface area contributed by atoms with Gasteiger partial charge in [-0.05, 0) is 73.8 Å². The number of hydrogen-bond donors (Lipinski definition) is 1. The zero-order valence-corrected chi connectivity index (χ0v) is 18.9. The minimum Gasteiger partial charge on any atom is -0.469 e. The Morgan fingerprint density at radius 2 is 2.10 bits per heavy atom. The molecule has 2 bridgehead atoms. The summed E-state index contributed by atoms with van der Waals surface area (Å²) in [5.41, 5.74) is 1.85. The van der Waals surface area contributed by atoms with E-state index in [2.05, 4.69) is 5.32 Å². The number of nitrogens with zero attached hydrogens (tertiary/aromatic N) is 1. The van der Waals surface area contributed by atoms with E-state index in [1.54, 1.807) is 10.8 Å². The van der Waals surface area contributed by atoms with E-state index >= 15 is 0 Å². The molecule has 2 aromatic heterocycles. The molecule has 1 amide bonds. The van der Waals surface area contributed by atoms with Crippen molar-refractivity contribution in [2.45, 2.75) is 48.9 Å². The molecular weight excluding hydrogens is 428 g/mol. The number of aromatic nitrogens is 1. The van der Waals surface area contributed by atoms with Crippen LogP contribution in [0.4, 0.5) is 5.69 Å². The first-order chi connectivity index (χ1) is 15.1. The average molecular weight is 453 g/mol. The van der Waals surface area contributed by atoms with Gasteiger partial charge in [-0.1, -0.05) is 23.5 Å². The van der Waals surface area contributed by atoms with E-state index in [9.17, 15) is 9.59 Å². The largest absolute Gasteiger partial charge is 0.469 e. The predicted octanol–water partition coefficient (Wildman–Crippen LogP) is 5.10. The monoisotopic (exact) mass is 452 g/mol. The van der Waals surface area contributed by atoms with Crippen LogP contribution in [0.25, 0.3) is 0 Å². The van der Waals surface area contributed by atoms with Gasteiger partial charge in [0.15, 0.2) is 0 Å². The van der Waals surface area contributed by atoms with Gasteiger partial charge in [0.2, 0.25) is 5.91 Å². The van der Waals surface area contributed by atoms with Gasteiger partial charge in [-0.15, -0.1) is 11.8 Å². The summed E-state index contributed by atoms with van der Waals surface area (Å²) in [6, 6.07) is 11.7. The number of nitrogens with one attached hydrogen (secondary N) is 1. The van der Waals surface area contributed by atoms with Crippen molar-refractivity contribution in [2.75, 3.05) is 5.32 Å². The summed E-state index contributed by atoms with van der Waals surface area (Å²) in [6.07, 6.45) is 5.58. The van der Waals surface area contributed by atoms with E-state index in [-0.39, 0.29) is 23.2 Å². The molecule has 3 heterocycles. The highest BCUT2D eigenvalue weighted by Crippen LogP contribution is 2.64. The molecule has 1 aliphatic heterocycles. The number of anilines is 1. The summed E-state index contributed by atoms with van der Waals surface area (Å²) in [6.45, 7) is 2.04. The highest BCUT2D eigenvalue weighted by Gasteiger charge is 2.55. The van der Waals surface area contributed by atoms with Gasteiger partial charge < -0.3 is 9.73 Å². The summed E-state index contributed by atoms with van der Waals surface area (Å²) in [5.74, 6) is 2.86. The van der Waals surface area contributed by atoms with Crippen LogP contribution in [0.1, 0.15) is 41.4 Å². The molecule has 160 valence electrons. The third-order valence-corrected chi connectivity index (χ3v) is 9.97. The Morgan fingerprint density at radius 1 is 1.23 bits per heavy atom. The maximum atomic E-state index is 13.0. The minimum absolute atomic E-state index is 0.0436. The number of benzene rings is 1. The Hall–Kier alpha value is -2.25. The Bertz CT molecular complexity index is 1200. The lowest BCUT2D eigenvalue weighted by molar-refractivity contribution is -0.116. The number of furan rings is 1. The van der Waals surface area contributed by atoms with Crippen LogP contribution in [0, 0.1) is 24.7 Å². The topological polar surface area (TPSA) is 64.2 Å². The number of hydrogen-bond acceptors (Lipinski definition) is 5. The van der Waals surface area contributed by atoms with Gasteiger partial charge in [-0.3, -0.25) is 14.2 Å². The normalized spacial score (nSPS) is 28.4. The molecule has 2 saturated carbocycles. The molecule has 5 nitrogen and oxygen atoms in total. The molecule has 6 rings (SSSR count). The number of carbonyl (C=O) groups excluding carboxylic acids is 1. The highest BCUT2D eigenvalue weighted by molar-refractivity contribution is 8.00. The lowest BCUT2D eigenvalue weighted by Crippen LogP contribution is -2.34. The van der Waals surface area contributed by atoms with Crippen LogP contribution in [-0.2, 0) is 11.3 Å². The van der Waals surface area contributed by atoms with Crippen molar-refractivity contribution >= 4 is 34.7 Å². The van der Waals surface area contributed by atoms with Crippen molar-refractivity contribution < 1.29 is 9.21 Å². The van der Waals surface area contributed by atoms with E-state index < -0.39 is 0 Å². The van der Waals surface area contributed by atoms with Gasteiger partial charge in [-0.25, -0.2) is 0 Å². The second-order valence-corrected chi connectivity index (χ2v) is 11.2. The molecule has 0 saturated heterocycles. The maximum absolute atomic E-state index is 13.0. The molecule has 2 fully saturated rings. The van der Waals surface area contributed by atoms with Crippen molar-refractivity contribution in [3.8, 4) is 0 Å². The van der Waals surface area contributed by atoms with E-state index in [0.29, 0.717) is 23.0 Å². The number of thiazole rings is 1. The fraction of sp³-hybridized carbons (Fsp3) is 0.417. The first kappa shape index (κ1) is 19.4. The number of carbonyl (C=O) groups is 1. The fourth-order valence-corrected chi connectivity index (χ4v) is 9.07. The zero-order chi connectivity index (χ0) is 21.1. The lowest BCUT2D eigenvalue weighted by Gasteiger charge is -2.39. The van der Waals surface area contributed by atoms with Crippen LogP contribution < -0.4 is 10.2 Å². The first-order valence-corrected chi connectivity index (χ1v) is 12.6. The van der Waals surface area contributed by atoms with Crippen LogP contribution >= 0.6 is 23.1 Å². The molecule has 2 aliphatic carbocycles. The Kier molecular flexibility index (Phi) is 4.65. The average Bonchev–Trinajstić information content (AvgIpc) is 3.52. The summed E-state index contributed by atoms with van der Waals surface area (Å²) in [4.78, 5) is 26.9. The van der Waals surface area contributed by atoms with E-state index in [1.165, 1.54) is 30.6 Å². The van der Waals surface area contributed by atoms with Gasteiger partial charge in [0.05, 0.1) is 22.1 Å². The third-order valence-electron chi connectivity index (χ3n) is 7.14. The van der Waals surface area contributed by atoms with Crippen LogP contribution in [0.3, 0.4) is 0 Å². The molecular formula is C24H24N2O3S2. The molecule has 0 spiro atoms. The second kappa shape index (κ2) is 7.41. The molecule has 1 N–H and O–H groups in total. The number of aryl methyl sites for hydroxylation is 1. The minimum atomic E-state index is -0.168. The standard InChI is InChI=1S/C24H24N2O3S2/c1-13-4-2-5-16(10-13)25-18(27)12-26-23-22(31-24(26)28)20(17-6-3-9-29-17)19-14-7-8-15(11-14)21(19)30-23/h2-6,9-10,14-15,19-21H,7-8,11-12H2,1H3,(H,25,27)/t14?,15?,19?,20-,21?/m1/s1. The first-order valence-electron chi connectivity index (χ1n) is 10.9. The van der Waals surface area contributed by atoms with Crippen molar-refractivity contribution in [2.24, 2.45) is 17.8 Å². The predicted molar refractivity (Wildman–Crippen MR) is 123 cm³/mol. The third kappa shape index (κ3) is 3.21. The fourth-order valence-electron chi connectivity index (χ4n) is 5.94. The highest BCUT2D eigenvalue weighted by atomic mass is 32.2. The molecule has 4 unspecified atom stereocenters. The van der Waals surface area contributed by atoms with Gasteiger partial charge in [0, 0.05) is 10.9 Å². The molecule has 1 aromatic carbocycles. The van der Waals surface area contributed by atoms with Crippen LogP contribution in [-0.4, -0.2) is 15.7 Å². The smallest absolute Gasteiger partial charge is 0.308 e. The van der Waals surface area contributed by atoms with E-state index in [4.69, 9.17) is 4.42 Å². The van der Waals surface area contributed by atoms with Crippen LogP contribution in [0.2, 0.25) is 0 Å². The second-order valence-electron chi connectivity index (χ2n) is 9.03. The summed E-state index contributed by atoms with van der Waals surface area (Å²) < 4.78 is 7.56. The van der Waals surface area contributed by atoms with E-state index in [1.807, 2.05) is 55.1 Å². The van der Waals surface area contributed by atoms with Crippen molar-refractivity contribution in [1.29, 1.82) is 0 Å². The molecule has 31 heavy (non-hydrogen) atoms. The Balaban J connectivity index is 1.35. The molecule has 5 atom stereocenters. The van der Waals surface area contributed by atoms with Crippen LogP contribution in [0.5, 0.6) is 0 Å². The SMILES string of the molecule is Cc1cccc(NC(=O)Cn2c3c(sc2=O)[C@H](c2ccco2)C2C4CCC(C4)C2S3)c1. The molecule has 3 aromatic rings. The van der Waals surface area contributed by atoms with Crippen LogP contribution in [0.15, 0.2) is 56.9 Å². The van der Waals surface area contributed by atoms with Gasteiger partial charge in [-0.2, -0.15) is 0 Å². The van der Waals surface area contributed by atoms with Crippen molar-refractivity contribution in [3.05, 3.63) is 68.5 Å². The van der Waals surface area contributed by atoms with E-state index in [0.717, 1.165) is 26.9 Å². The number of fused-ring (bicyclic) bond motifs is 6. The van der Waals surface area contributed by atoms with Gasteiger partial charge in [0.25, 0.3) is 0 Å². The van der Waals surface area contributed by atoms with Gasteiger partial charge in [0.1, 0.15) is 12.3 Å². The molecule has 7 heteroatoms. The quantitative estimate of drug-likeness (QED) is 0.598. The maximum Gasteiger partial charge on any atom is 0.308 e. The molecule has 3 aliphatic rings. The Morgan fingerprint density at radius 3 is 2.90 bits per heavy atom. The van der Waals surface area contributed by atoms with Crippen molar-refractivity contribution in [1.82, 2.24) is 4.57 Å². The number of rotatable bonds is 4. The zero-order valence-electron chi connectivity index (χ0n) is 17.2. The number of amides is 1.